The molecule has 0 fully saturated rings. The van der Waals surface area contributed by atoms with Crippen LogP contribution in [0.4, 0.5) is 0 Å². The average Bonchev–Trinajstić information content (AvgIpc) is 3.08. The van der Waals surface area contributed by atoms with E-state index in [9.17, 15) is 0 Å². The third kappa shape index (κ3) is 2.22. The van der Waals surface area contributed by atoms with Gasteiger partial charge in [-0.15, -0.1) is 0 Å². The second-order valence-electron chi connectivity index (χ2n) is 7.77. The SMILES string of the molecule is IC1=CC2c3cccc4c3I(Cc3c-4c4cccnc4c4ncccc34)C2C=C1. The van der Waals surface area contributed by atoms with Gasteiger partial charge in [-0.2, -0.15) is 0 Å². The number of rotatable bonds is 0. The molecule has 0 N–H and O–H groups in total. The van der Waals surface area contributed by atoms with E-state index in [0.717, 1.165) is 11.0 Å². The summed E-state index contributed by atoms with van der Waals surface area (Å²) in [6, 6.07) is 15.7. The number of nitrogens with zero attached hydrogens (tertiary/aromatic N) is 2. The number of aromatic nitrogens is 2. The van der Waals surface area contributed by atoms with Crippen LogP contribution in [0.1, 0.15) is 17.0 Å². The van der Waals surface area contributed by atoms with E-state index in [0.29, 0.717) is 9.84 Å². The van der Waals surface area contributed by atoms with Crippen molar-refractivity contribution in [3.05, 3.63) is 91.4 Å². The predicted octanol–water partition coefficient (Wildman–Crippen LogP) is 6.99. The van der Waals surface area contributed by atoms with Gasteiger partial charge in [0.1, 0.15) is 0 Å². The number of alkyl halides is 2. The van der Waals surface area contributed by atoms with Crippen LogP contribution in [0.5, 0.6) is 0 Å². The molecule has 2 aromatic carbocycles. The van der Waals surface area contributed by atoms with Gasteiger partial charge in [-0.3, -0.25) is 0 Å². The maximum atomic E-state index is 4.76. The van der Waals surface area contributed by atoms with Crippen molar-refractivity contribution in [2.45, 2.75) is 14.3 Å². The molecule has 2 aliphatic heterocycles. The van der Waals surface area contributed by atoms with E-state index in [4.69, 9.17) is 9.97 Å². The molecule has 4 aromatic rings. The van der Waals surface area contributed by atoms with E-state index >= 15 is 0 Å². The molecule has 0 saturated carbocycles. The summed E-state index contributed by atoms with van der Waals surface area (Å²) < 4.78 is 5.03. The van der Waals surface area contributed by atoms with E-state index in [1.54, 1.807) is 9.13 Å². The topological polar surface area (TPSA) is 25.8 Å². The van der Waals surface area contributed by atoms with Gasteiger partial charge in [-0.1, -0.05) is 0 Å². The molecule has 0 bridgehead atoms. The Kier molecular flexibility index (Phi) is 3.57. The van der Waals surface area contributed by atoms with Crippen molar-refractivity contribution in [2.75, 3.05) is 0 Å². The molecule has 2 aromatic heterocycles. The second-order valence-corrected chi connectivity index (χ2v) is 14.6. The molecule has 2 atom stereocenters. The molecule has 0 spiro atoms. The molecular formula is C25H16I2N2. The Morgan fingerprint density at radius 3 is 2.59 bits per heavy atom. The fourth-order valence-corrected chi connectivity index (χ4v) is 13.8. The summed E-state index contributed by atoms with van der Waals surface area (Å²) in [7, 11) is 0. The molecule has 0 saturated heterocycles. The Morgan fingerprint density at radius 1 is 0.931 bits per heavy atom. The molecule has 2 unspecified atom stereocenters. The van der Waals surface area contributed by atoms with Crippen molar-refractivity contribution in [1.29, 1.82) is 0 Å². The van der Waals surface area contributed by atoms with Gasteiger partial charge in [-0.25, -0.2) is 0 Å². The van der Waals surface area contributed by atoms with Crippen molar-refractivity contribution in [1.82, 2.24) is 9.97 Å². The van der Waals surface area contributed by atoms with Crippen LogP contribution >= 0.6 is 42.4 Å². The van der Waals surface area contributed by atoms with Gasteiger partial charge in [0.05, 0.1) is 0 Å². The zero-order chi connectivity index (χ0) is 19.1. The fourth-order valence-electron chi connectivity index (χ4n) is 5.21. The molecule has 4 heterocycles. The van der Waals surface area contributed by atoms with Crippen molar-refractivity contribution in [3.63, 3.8) is 0 Å². The van der Waals surface area contributed by atoms with Crippen LogP contribution in [-0.2, 0) is 4.43 Å². The number of halogens is 2. The van der Waals surface area contributed by atoms with E-state index in [-0.39, 0.29) is 0 Å². The Balaban J connectivity index is 1.63. The molecule has 0 radical (unpaired) electrons. The van der Waals surface area contributed by atoms with E-state index in [2.05, 4.69) is 83.3 Å². The zero-order valence-corrected chi connectivity index (χ0v) is 19.8. The first-order valence-corrected chi connectivity index (χ1v) is 14.7. The Hall–Kier alpha value is -1.80. The van der Waals surface area contributed by atoms with Gasteiger partial charge in [0.25, 0.3) is 0 Å². The van der Waals surface area contributed by atoms with Crippen molar-refractivity contribution >= 4 is 64.2 Å². The number of allylic oxidation sites excluding steroid dienone is 4. The fraction of sp³-hybridized carbons (Fsp3) is 0.120. The molecule has 29 heavy (non-hydrogen) atoms. The molecule has 0 amide bonds. The normalized spacial score (nSPS) is 22.4. The molecule has 3 aliphatic rings. The van der Waals surface area contributed by atoms with Gasteiger partial charge >= 0.3 is 191 Å². The summed E-state index contributed by atoms with van der Waals surface area (Å²) in [5.41, 5.74) is 8.09. The summed E-state index contributed by atoms with van der Waals surface area (Å²) >= 11 is 1.07. The van der Waals surface area contributed by atoms with Crippen molar-refractivity contribution in [2.24, 2.45) is 0 Å². The van der Waals surface area contributed by atoms with Crippen molar-refractivity contribution in [3.8, 4) is 11.1 Å². The standard InChI is InChI=1S/C25H16I2N2/c26-14-8-9-21-19(12-14)15-4-1-5-17-22-18-7-3-11-29-25(18)24-16(6-2-10-28-24)20(22)13-27(21)23(15)17/h1-12,19,21H,13H2. The predicted molar refractivity (Wildman–Crippen MR) is 137 cm³/mol. The summed E-state index contributed by atoms with van der Waals surface area (Å²) in [4.78, 5) is 9.52. The van der Waals surface area contributed by atoms with Crippen LogP contribution in [-0.4, -0.2) is 13.9 Å². The number of benzene rings is 2. The van der Waals surface area contributed by atoms with E-state index < -0.39 is 19.8 Å². The van der Waals surface area contributed by atoms with E-state index in [1.807, 2.05) is 12.4 Å². The number of pyridine rings is 2. The molecule has 140 valence electrons. The summed E-state index contributed by atoms with van der Waals surface area (Å²) in [6.07, 6.45) is 11.2. The van der Waals surface area contributed by atoms with Gasteiger partial charge in [0.15, 0.2) is 0 Å². The van der Waals surface area contributed by atoms with Crippen LogP contribution in [0.3, 0.4) is 0 Å². The van der Waals surface area contributed by atoms with Crippen LogP contribution in [0.2, 0.25) is 0 Å². The number of hydrogen-bond donors (Lipinski definition) is 0. The van der Waals surface area contributed by atoms with Crippen LogP contribution in [0.25, 0.3) is 32.9 Å². The number of fused-ring (bicyclic) bond motifs is 10. The Morgan fingerprint density at radius 2 is 1.72 bits per heavy atom. The third-order valence-corrected chi connectivity index (χ3v) is 14.2. The van der Waals surface area contributed by atoms with Crippen LogP contribution in [0, 0.1) is 3.57 Å². The Labute approximate surface area is 189 Å². The van der Waals surface area contributed by atoms with Crippen LogP contribution < -0.4 is 0 Å². The van der Waals surface area contributed by atoms with Gasteiger partial charge in [0.2, 0.25) is 0 Å². The van der Waals surface area contributed by atoms with Crippen molar-refractivity contribution < 1.29 is 0 Å². The molecule has 4 heteroatoms. The zero-order valence-electron chi connectivity index (χ0n) is 15.4. The summed E-state index contributed by atoms with van der Waals surface area (Å²) in [5, 5.41) is 2.56. The monoisotopic (exact) mass is 598 g/mol. The summed E-state index contributed by atoms with van der Waals surface area (Å²) in [5.74, 6) is 0.565. The van der Waals surface area contributed by atoms with Gasteiger partial charge in [0, 0.05) is 0 Å². The van der Waals surface area contributed by atoms with E-state index in [1.165, 1.54) is 35.5 Å². The van der Waals surface area contributed by atoms with Crippen LogP contribution in [0.15, 0.2) is 76.7 Å². The second kappa shape index (κ2) is 6.11. The minimum absolute atomic E-state index is 0.565. The molecule has 2 nitrogen and oxygen atoms in total. The minimum atomic E-state index is -1.40. The first-order chi connectivity index (χ1) is 14.3. The Bertz CT molecular complexity index is 1420. The summed E-state index contributed by atoms with van der Waals surface area (Å²) in [6.45, 7) is 0. The quantitative estimate of drug-likeness (QED) is 0.124. The first kappa shape index (κ1) is 16.9. The average molecular weight is 598 g/mol. The molecule has 7 rings (SSSR count). The molecule has 1 aliphatic carbocycles. The first-order valence-electron chi connectivity index (χ1n) is 9.78. The van der Waals surface area contributed by atoms with Gasteiger partial charge < -0.3 is 0 Å². The number of hydrogen-bond acceptors (Lipinski definition) is 2. The van der Waals surface area contributed by atoms with Gasteiger partial charge in [-0.05, 0) is 0 Å². The maximum absolute atomic E-state index is 4.76. The third-order valence-electron chi connectivity index (χ3n) is 6.34. The molecular weight excluding hydrogens is 582 g/mol.